The van der Waals surface area contributed by atoms with E-state index in [9.17, 15) is 13.2 Å². The van der Waals surface area contributed by atoms with Crippen molar-refractivity contribution in [2.24, 2.45) is 9.98 Å². The number of rotatable bonds is 27. The fourth-order valence-corrected chi connectivity index (χ4v) is 11.3. The summed E-state index contributed by atoms with van der Waals surface area (Å²) in [5, 5.41) is 14.8. The number of nitrogens with one attached hydrogen (secondary N) is 1. The quantitative estimate of drug-likeness (QED) is 0.0525. The van der Waals surface area contributed by atoms with Gasteiger partial charge >= 0.3 is 0 Å². The van der Waals surface area contributed by atoms with Crippen LogP contribution >= 0.6 is 94.1 Å². The maximum Gasteiger partial charge on any atom is 0.279 e. The van der Waals surface area contributed by atoms with E-state index in [1.54, 1.807) is 52.6 Å². The Hall–Kier alpha value is 1.87. The Morgan fingerprint density at radius 2 is 1.41 bits per heavy atom. The number of nitrogens with zero attached hydrogens (tertiary/aromatic N) is 2. The van der Waals surface area contributed by atoms with Crippen molar-refractivity contribution in [2.45, 2.75) is 6.92 Å². The number of hydrogen-bond acceptors (Lipinski definition) is 14. The van der Waals surface area contributed by atoms with Crippen molar-refractivity contribution in [2.75, 3.05) is 91.9 Å². The average molecular weight is 706 g/mol. The lowest BCUT2D eigenvalue weighted by molar-refractivity contribution is 0.261. The minimum Gasteiger partial charge on any atom is -0.386 e. The average Bonchev–Trinajstić information content (AvgIpc) is 2.89. The van der Waals surface area contributed by atoms with Crippen LogP contribution in [0, 0.1) is 0 Å². The van der Waals surface area contributed by atoms with E-state index in [1.807, 2.05) is 11.8 Å². The number of thioether (sulfide) groups is 8. The zero-order chi connectivity index (χ0) is 27.2. The fraction of sp³-hybridized carbons (Fsp3) is 0.850. The number of aliphatic imine (C=N–C) groups is 2. The molecule has 0 aliphatic rings. The van der Waals surface area contributed by atoms with Gasteiger partial charge in [0.05, 0.1) is 43.7 Å². The Balaban J connectivity index is 3.38. The van der Waals surface area contributed by atoms with Crippen molar-refractivity contribution in [1.82, 2.24) is 5.32 Å². The van der Waals surface area contributed by atoms with Crippen LogP contribution in [0.4, 0.5) is 4.79 Å². The lowest BCUT2D eigenvalue weighted by Crippen LogP contribution is -2.22. The van der Waals surface area contributed by atoms with E-state index in [2.05, 4.69) is 22.2 Å². The first-order valence-corrected chi connectivity index (χ1v) is 23.2. The van der Waals surface area contributed by atoms with Crippen molar-refractivity contribution in [3.63, 3.8) is 0 Å². The highest BCUT2D eigenvalue weighted by Gasteiger charge is 2.02. The molecule has 0 radical (unpaired) electrons. The van der Waals surface area contributed by atoms with Crippen LogP contribution < -0.4 is 5.32 Å². The van der Waals surface area contributed by atoms with Crippen LogP contribution in [0.25, 0.3) is 0 Å². The summed E-state index contributed by atoms with van der Waals surface area (Å²) in [5.74, 6) is 7.16. The third kappa shape index (κ3) is 32.2. The van der Waals surface area contributed by atoms with Gasteiger partial charge in [0, 0.05) is 75.2 Å². The highest BCUT2D eigenvalue weighted by molar-refractivity contribution is 8.22. The number of carbonyl (C=O) groups is 1. The molecule has 17 heteroatoms. The molecule has 0 aromatic carbocycles. The molecule has 0 saturated heterocycles. The molecule has 0 aliphatic carbocycles. The molecule has 7 nitrogen and oxygen atoms in total. The predicted molar refractivity (Wildman–Crippen MR) is 188 cm³/mol. The molecule has 2 atom stereocenters. The van der Waals surface area contributed by atoms with Gasteiger partial charge in [-0.15, -0.1) is 47.0 Å². The molecule has 37 heavy (non-hydrogen) atoms. The lowest BCUT2D eigenvalue weighted by atomic mass is 10.8. The largest absolute Gasteiger partial charge is 0.386 e. The second kappa shape index (κ2) is 32.4. The standard InChI is InChI=1S/C20H39N3O4S10/c1-2-28-6-3-21-13-36(26)12-11-32-17-31-9-10-35-20(25)23-5-8-30-16-29-7-4-22-14-37(27)19-34-18-33-15-24/h13-14,24H,2-12,15-19H2,1H3,(H,23,25). The third-order valence-electron chi connectivity index (χ3n) is 3.51. The van der Waals surface area contributed by atoms with Crippen LogP contribution in [0.3, 0.4) is 0 Å². The van der Waals surface area contributed by atoms with Crippen LogP contribution in [0.15, 0.2) is 9.98 Å². The van der Waals surface area contributed by atoms with Gasteiger partial charge in [0.2, 0.25) is 0 Å². The van der Waals surface area contributed by atoms with Gasteiger partial charge in [-0.25, -0.2) is 0 Å². The molecule has 2 N–H and O–H groups in total. The minimum absolute atomic E-state index is 0.0315. The zero-order valence-electron chi connectivity index (χ0n) is 21.1. The van der Waals surface area contributed by atoms with Gasteiger partial charge in [0.25, 0.3) is 5.24 Å². The Kier molecular flexibility index (Phi) is 34.0. The molecule has 0 rings (SSSR count). The van der Waals surface area contributed by atoms with Crippen LogP contribution in [-0.2, 0) is 21.6 Å². The monoisotopic (exact) mass is 705 g/mol. The van der Waals surface area contributed by atoms with E-state index in [1.165, 1.54) is 40.8 Å². The van der Waals surface area contributed by atoms with Crippen LogP contribution in [0.5, 0.6) is 0 Å². The summed E-state index contributed by atoms with van der Waals surface area (Å²) in [7, 11) is -2.01. The molecular weight excluding hydrogens is 667 g/mol. The van der Waals surface area contributed by atoms with Crippen molar-refractivity contribution in [1.29, 1.82) is 0 Å². The smallest absolute Gasteiger partial charge is 0.279 e. The van der Waals surface area contributed by atoms with Gasteiger partial charge in [0.15, 0.2) is 0 Å². The maximum atomic E-state index is 11.9. The number of aliphatic hydroxyl groups excluding tert-OH is 1. The Bertz CT molecular complexity index is 647. The highest BCUT2D eigenvalue weighted by atomic mass is 32.2. The fourth-order valence-electron chi connectivity index (χ4n) is 1.91. The van der Waals surface area contributed by atoms with Gasteiger partial charge in [-0.1, -0.05) is 18.7 Å². The Morgan fingerprint density at radius 3 is 2.14 bits per heavy atom. The second-order valence-corrected chi connectivity index (χ2v) is 19.3. The van der Waals surface area contributed by atoms with Gasteiger partial charge in [-0.05, 0) is 5.75 Å². The van der Waals surface area contributed by atoms with E-state index < -0.39 is 21.6 Å². The van der Waals surface area contributed by atoms with Gasteiger partial charge < -0.3 is 10.4 Å². The first-order chi connectivity index (χ1) is 18.1. The molecule has 0 aliphatic heterocycles. The van der Waals surface area contributed by atoms with Gasteiger partial charge in [-0.2, -0.15) is 35.3 Å². The number of carbonyl (C=O) groups excluding carboxylic acids is 1. The Morgan fingerprint density at radius 1 is 0.784 bits per heavy atom. The number of aliphatic hydroxyl groups is 1. The topological polar surface area (TPSA) is 108 Å². The molecule has 2 unspecified atom stereocenters. The molecular formula is C20H39N3O4S10. The second-order valence-electron chi connectivity index (χ2n) is 6.39. The molecule has 1 amide bonds. The normalized spacial score (nSPS) is 13.5. The molecule has 0 aromatic heterocycles. The van der Waals surface area contributed by atoms with E-state index in [-0.39, 0.29) is 11.2 Å². The van der Waals surface area contributed by atoms with E-state index in [0.29, 0.717) is 23.9 Å². The molecule has 218 valence electrons. The molecule has 0 bridgehead atoms. The van der Waals surface area contributed by atoms with Crippen LogP contribution in [-0.4, -0.2) is 122 Å². The summed E-state index contributed by atoms with van der Waals surface area (Å²) < 4.78 is 23.5. The van der Waals surface area contributed by atoms with Crippen molar-refractivity contribution >= 4 is 132 Å². The van der Waals surface area contributed by atoms with Crippen molar-refractivity contribution < 1.29 is 18.3 Å². The Labute approximate surface area is 262 Å². The SMILES string of the molecule is CCSCCN=CS(=O)CCSCSCCSC(=O)NCCSCSCCN=CS(=O)CSCSCO. The molecule has 0 saturated carbocycles. The van der Waals surface area contributed by atoms with E-state index >= 15 is 0 Å². The minimum atomic E-state index is -1.05. The highest BCUT2D eigenvalue weighted by Crippen LogP contribution is 2.15. The molecule has 0 aromatic rings. The predicted octanol–water partition coefficient (Wildman–Crippen LogP) is 4.92. The van der Waals surface area contributed by atoms with Gasteiger partial charge in [0.1, 0.15) is 0 Å². The lowest BCUT2D eigenvalue weighted by Gasteiger charge is -2.05. The third-order valence-corrected chi connectivity index (χ3v) is 14.8. The first-order valence-electron chi connectivity index (χ1n) is 11.4. The summed E-state index contributed by atoms with van der Waals surface area (Å²) in [6, 6.07) is 0. The zero-order valence-corrected chi connectivity index (χ0v) is 29.3. The van der Waals surface area contributed by atoms with Crippen molar-refractivity contribution in [3.05, 3.63) is 0 Å². The number of hydrogen-bond donors (Lipinski definition) is 2. The summed E-state index contributed by atoms with van der Waals surface area (Å²) in [4.78, 5) is 20.3. The van der Waals surface area contributed by atoms with E-state index in [0.717, 1.165) is 62.1 Å². The van der Waals surface area contributed by atoms with Crippen molar-refractivity contribution in [3.8, 4) is 0 Å². The summed E-state index contributed by atoms with van der Waals surface area (Å²) in [6.07, 6.45) is 0. The first kappa shape index (κ1) is 38.9. The molecule has 0 spiro atoms. The maximum absolute atomic E-state index is 11.9. The summed E-state index contributed by atoms with van der Waals surface area (Å²) in [6.45, 7) is 4.19. The van der Waals surface area contributed by atoms with Crippen LogP contribution in [0.2, 0.25) is 0 Å². The number of amides is 1. The van der Waals surface area contributed by atoms with Gasteiger partial charge in [-0.3, -0.25) is 23.2 Å². The molecule has 0 fully saturated rings. The van der Waals surface area contributed by atoms with Crippen LogP contribution in [0.1, 0.15) is 6.92 Å². The summed E-state index contributed by atoms with van der Waals surface area (Å²) >= 11 is 13.3. The molecule has 0 heterocycles. The van der Waals surface area contributed by atoms with E-state index in [4.69, 9.17) is 5.11 Å². The summed E-state index contributed by atoms with van der Waals surface area (Å²) in [5.41, 5.74) is 3.11.